The van der Waals surface area contributed by atoms with Crippen LogP contribution < -0.4 is 15.2 Å². The van der Waals surface area contributed by atoms with Gasteiger partial charge in [0, 0.05) is 5.56 Å². The number of hydrogen-bond donors (Lipinski definition) is 1. The first-order valence-electron chi connectivity index (χ1n) is 10.5. The van der Waals surface area contributed by atoms with E-state index in [0.29, 0.717) is 0 Å². The summed E-state index contributed by atoms with van der Waals surface area (Å²) in [7, 11) is 0.321. The Labute approximate surface area is 186 Å². The Morgan fingerprint density at radius 1 is 0.903 bits per heavy atom. The highest BCUT2D eigenvalue weighted by Crippen LogP contribution is 2.35. The number of nitrogens with one attached hydrogen (secondary N) is 1. The molecule has 0 saturated heterocycles. The van der Waals surface area contributed by atoms with Gasteiger partial charge in [-0.3, -0.25) is 10.4 Å². The molecule has 4 rings (SSSR count). The number of hydrogen-bond acceptors (Lipinski definition) is 3. The number of hydrazine groups is 1. The van der Waals surface area contributed by atoms with Gasteiger partial charge < -0.3 is 4.74 Å². The molecule has 3 aromatic rings. The van der Waals surface area contributed by atoms with E-state index < -0.39 is 8.07 Å². The molecule has 1 unspecified atom stereocenters. The maximum Gasteiger partial charge on any atom is 0.129 e. The molecule has 1 heterocycles. The Morgan fingerprint density at radius 3 is 2.32 bits per heavy atom. The fraction of sp³-hybridized carbons (Fsp3) is 0.185. The molecule has 0 amide bonds. The number of methoxy groups -OCH3 is 1. The normalized spacial score (nSPS) is 15.5. The first-order valence-corrected chi connectivity index (χ1v) is 14.0. The van der Waals surface area contributed by atoms with Crippen LogP contribution in [0.2, 0.25) is 19.6 Å². The monoisotopic (exact) mass is 424 g/mol. The molecule has 0 fully saturated rings. The maximum absolute atomic E-state index is 5.46. The minimum atomic E-state index is -1.38. The molecule has 1 atom stereocenters. The Bertz CT molecular complexity index is 1140. The highest BCUT2D eigenvalue weighted by Gasteiger charge is 2.27. The number of anilines is 1. The summed E-state index contributed by atoms with van der Waals surface area (Å²) < 4.78 is 5.46. The second kappa shape index (κ2) is 8.75. The largest absolute Gasteiger partial charge is 0.497 e. The van der Waals surface area contributed by atoms with Gasteiger partial charge in [0.1, 0.15) is 13.8 Å². The molecule has 0 aromatic heterocycles. The zero-order valence-electron chi connectivity index (χ0n) is 18.5. The van der Waals surface area contributed by atoms with Crippen molar-refractivity contribution in [2.45, 2.75) is 25.7 Å². The van der Waals surface area contributed by atoms with E-state index in [-0.39, 0.29) is 6.04 Å². The maximum atomic E-state index is 5.46. The highest BCUT2D eigenvalue weighted by molar-refractivity contribution is 6.83. The summed E-state index contributed by atoms with van der Waals surface area (Å²) in [6, 6.07) is 27.2. The number of rotatable bonds is 4. The van der Waals surface area contributed by atoms with E-state index in [1.165, 1.54) is 5.56 Å². The van der Waals surface area contributed by atoms with Gasteiger partial charge in [-0.1, -0.05) is 68.0 Å². The lowest BCUT2D eigenvalue weighted by Crippen LogP contribution is -2.33. The summed E-state index contributed by atoms with van der Waals surface area (Å²) in [5.41, 5.74) is 12.6. The molecule has 0 bridgehead atoms. The second-order valence-electron chi connectivity index (χ2n) is 8.70. The van der Waals surface area contributed by atoms with Crippen molar-refractivity contribution in [3.05, 3.63) is 102 Å². The van der Waals surface area contributed by atoms with Gasteiger partial charge in [-0.15, -0.1) is 5.54 Å². The van der Waals surface area contributed by atoms with Crippen molar-refractivity contribution in [1.29, 1.82) is 0 Å². The predicted molar refractivity (Wildman–Crippen MR) is 132 cm³/mol. The van der Waals surface area contributed by atoms with E-state index >= 15 is 0 Å². The molecule has 0 aliphatic carbocycles. The highest BCUT2D eigenvalue weighted by atomic mass is 28.3. The first kappa shape index (κ1) is 20.8. The third-order valence-electron chi connectivity index (χ3n) is 5.09. The van der Waals surface area contributed by atoms with E-state index in [4.69, 9.17) is 4.74 Å². The molecule has 1 aliphatic rings. The van der Waals surface area contributed by atoms with Gasteiger partial charge >= 0.3 is 0 Å². The quantitative estimate of drug-likeness (QED) is 0.409. The fourth-order valence-corrected chi connectivity index (χ4v) is 4.03. The zero-order valence-corrected chi connectivity index (χ0v) is 19.5. The van der Waals surface area contributed by atoms with Crippen molar-refractivity contribution >= 4 is 19.5 Å². The third kappa shape index (κ3) is 5.02. The lowest BCUT2D eigenvalue weighted by Gasteiger charge is -2.27. The van der Waals surface area contributed by atoms with Crippen molar-refractivity contribution in [2.24, 2.45) is 0 Å². The number of ether oxygens (including phenoxy) is 1. The van der Waals surface area contributed by atoms with Gasteiger partial charge in [0.05, 0.1) is 24.5 Å². The van der Waals surface area contributed by atoms with Crippen LogP contribution in [-0.2, 0) is 0 Å². The molecule has 0 saturated carbocycles. The molecular formula is C27H28N2OSi. The summed E-state index contributed by atoms with van der Waals surface area (Å²) in [6.45, 7) is 6.79. The minimum Gasteiger partial charge on any atom is -0.497 e. The number of benzene rings is 3. The van der Waals surface area contributed by atoms with Gasteiger partial charge in [0.25, 0.3) is 0 Å². The van der Waals surface area contributed by atoms with Crippen LogP contribution in [0.4, 0.5) is 5.69 Å². The van der Waals surface area contributed by atoms with Gasteiger partial charge in [-0.2, -0.15) is 0 Å². The smallest absolute Gasteiger partial charge is 0.129 e. The Morgan fingerprint density at radius 2 is 1.65 bits per heavy atom. The van der Waals surface area contributed by atoms with Gasteiger partial charge in [-0.25, -0.2) is 0 Å². The summed E-state index contributed by atoms with van der Waals surface area (Å²) >= 11 is 0. The van der Waals surface area contributed by atoms with E-state index in [1.54, 1.807) is 7.11 Å². The summed E-state index contributed by atoms with van der Waals surface area (Å²) in [6.07, 6.45) is 2.27. The van der Waals surface area contributed by atoms with Crippen LogP contribution >= 0.6 is 0 Å². The zero-order chi connectivity index (χ0) is 21.8. The van der Waals surface area contributed by atoms with Crippen LogP contribution in [0.1, 0.15) is 22.7 Å². The van der Waals surface area contributed by atoms with Crippen molar-refractivity contribution in [1.82, 2.24) is 5.43 Å². The Balaban J connectivity index is 1.67. The Kier molecular flexibility index (Phi) is 5.88. The SMILES string of the molecule is COc1cccc(C2C=C(c3ccc(C#C[Si](C)(C)C)cc3)NN2c2ccccc2)c1. The van der Waals surface area contributed by atoms with Crippen molar-refractivity contribution in [2.75, 3.05) is 12.1 Å². The average molecular weight is 425 g/mol. The topological polar surface area (TPSA) is 24.5 Å². The van der Waals surface area contributed by atoms with Crippen molar-refractivity contribution < 1.29 is 4.74 Å². The average Bonchev–Trinajstić information content (AvgIpc) is 3.24. The van der Waals surface area contributed by atoms with Gasteiger partial charge in [0.15, 0.2) is 0 Å². The van der Waals surface area contributed by atoms with Crippen LogP contribution in [-0.4, -0.2) is 15.2 Å². The fourth-order valence-electron chi connectivity index (χ4n) is 3.51. The van der Waals surface area contributed by atoms with Crippen LogP contribution in [0.25, 0.3) is 5.70 Å². The second-order valence-corrected chi connectivity index (χ2v) is 13.4. The lowest BCUT2D eigenvalue weighted by atomic mass is 10.0. The van der Waals surface area contributed by atoms with E-state index in [2.05, 4.69) is 108 Å². The molecule has 3 nitrogen and oxygen atoms in total. The molecule has 0 radical (unpaired) electrons. The number of para-hydroxylation sites is 1. The molecule has 1 aliphatic heterocycles. The standard InChI is InChI=1S/C27H28N2OSi/c1-30-25-12-8-9-23(19-25)27-20-26(28-29(27)24-10-6-5-7-11-24)22-15-13-21(14-16-22)17-18-31(2,3)4/h5-16,19-20,27-28H,1-4H3. The first-order chi connectivity index (χ1) is 14.9. The predicted octanol–water partition coefficient (Wildman–Crippen LogP) is 6.03. The molecule has 3 aromatic carbocycles. The summed E-state index contributed by atoms with van der Waals surface area (Å²) in [5.74, 6) is 4.19. The van der Waals surface area contributed by atoms with Gasteiger partial charge in [-0.05, 0) is 53.6 Å². The summed E-state index contributed by atoms with van der Waals surface area (Å²) in [4.78, 5) is 0. The lowest BCUT2D eigenvalue weighted by molar-refractivity contribution is 0.414. The molecule has 1 N–H and O–H groups in total. The van der Waals surface area contributed by atoms with Crippen molar-refractivity contribution in [3.63, 3.8) is 0 Å². The molecule has 156 valence electrons. The van der Waals surface area contributed by atoms with Crippen molar-refractivity contribution in [3.8, 4) is 17.2 Å². The summed E-state index contributed by atoms with van der Waals surface area (Å²) in [5, 5.41) is 2.20. The molecule has 0 spiro atoms. The van der Waals surface area contributed by atoms with Crippen LogP contribution in [0.15, 0.2) is 84.9 Å². The van der Waals surface area contributed by atoms with E-state index in [1.807, 2.05) is 18.2 Å². The Hall–Kier alpha value is -3.42. The van der Waals surface area contributed by atoms with E-state index in [9.17, 15) is 0 Å². The minimum absolute atomic E-state index is 0.0545. The van der Waals surface area contributed by atoms with Crippen LogP contribution in [0.5, 0.6) is 5.75 Å². The number of nitrogens with zero attached hydrogens (tertiary/aromatic N) is 1. The third-order valence-corrected chi connectivity index (χ3v) is 5.97. The van der Waals surface area contributed by atoms with Crippen LogP contribution in [0.3, 0.4) is 0 Å². The van der Waals surface area contributed by atoms with Gasteiger partial charge in [0.2, 0.25) is 0 Å². The molecular weight excluding hydrogens is 396 g/mol. The van der Waals surface area contributed by atoms with E-state index in [0.717, 1.165) is 28.3 Å². The van der Waals surface area contributed by atoms with Crippen LogP contribution in [0, 0.1) is 11.5 Å². The molecule has 4 heteroatoms. The molecule has 31 heavy (non-hydrogen) atoms.